The van der Waals surface area contributed by atoms with E-state index in [0.29, 0.717) is 25.1 Å². The van der Waals surface area contributed by atoms with Gasteiger partial charge in [0, 0.05) is 18.6 Å². The molecular formula is C24H33NO2. The molecule has 2 aromatic carbocycles. The zero-order valence-electron chi connectivity index (χ0n) is 17.3. The summed E-state index contributed by atoms with van der Waals surface area (Å²) in [4.78, 5) is 15.8. The summed E-state index contributed by atoms with van der Waals surface area (Å²) in [6.07, 6.45) is 0.677. The Kier molecular flexibility index (Phi) is 7.61. The van der Waals surface area contributed by atoms with Crippen molar-refractivity contribution in [2.45, 2.75) is 58.5 Å². The molecule has 0 aliphatic rings. The maximum Gasteiger partial charge on any atom is 0.321 e. The Morgan fingerprint density at radius 2 is 1.33 bits per heavy atom. The Bertz CT molecular complexity index is 647. The molecule has 0 spiro atoms. The first-order chi connectivity index (χ1) is 12.9. The number of ether oxygens (including phenoxy) is 1. The van der Waals surface area contributed by atoms with Crippen LogP contribution in [0.2, 0.25) is 0 Å². The summed E-state index contributed by atoms with van der Waals surface area (Å²) in [7, 11) is 0. The van der Waals surface area contributed by atoms with Gasteiger partial charge in [0.1, 0.15) is 5.41 Å². The van der Waals surface area contributed by atoms with Crippen LogP contribution in [0.15, 0.2) is 60.7 Å². The molecule has 0 amide bonds. The second kappa shape index (κ2) is 9.70. The predicted octanol–water partition coefficient (Wildman–Crippen LogP) is 5.04. The Morgan fingerprint density at radius 1 is 0.889 bits per heavy atom. The van der Waals surface area contributed by atoms with Gasteiger partial charge in [0.05, 0.1) is 6.61 Å². The van der Waals surface area contributed by atoms with E-state index in [-0.39, 0.29) is 5.97 Å². The highest BCUT2D eigenvalue weighted by molar-refractivity contribution is 5.87. The minimum Gasteiger partial charge on any atom is -0.465 e. The van der Waals surface area contributed by atoms with Gasteiger partial charge >= 0.3 is 5.97 Å². The van der Waals surface area contributed by atoms with Gasteiger partial charge in [-0.15, -0.1) is 0 Å². The molecule has 3 heteroatoms. The van der Waals surface area contributed by atoms with Crippen LogP contribution in [-0.2, 0) is 14.9 Å². The summed E-state index contributed by atoms with van der Waals surface area (Å²) >= 11 is 0. The van der Waals surface area contributed by atoms with E-state index in [1.54, 1.807) is 0 Å². The minimum atomic E-state index is -0.805. The topological polar surface area (TPSA) is 29.5 Å². The number of carbonyl (C=O) groups excluding carboxylic acids is 1. The zero-order chi connectivity index (χ0) is 19.9. The quantitative estimate of drug-likeness (QED) is 0.581. The lowest BCUT2D eigenvalue weighted by molar-refractivity contribution is -0.149. The summed E-state index contributed by atoms with van der Waals surface area (Å²) in [5, 5.41) is 0. The largest absolute Gasteiger partial charge is 0.465 e. The van der Waals surface area contributed by atoms with E-state index in [1.165, 1.54) is 0 Å². The predicted molar refractivity (Wildman–Crippen MR) is 112 cm³/mol. The van der Waals surface area contributed by atoms with Crippen LogP contribution in [0.3, 0.4) is 0 Å². The number of hydrogen-bond acceptors (Lipinski definition) is 3. The maximum absolute atomic E-state index is 13.4. The third-order valence-corrected chi connectivity index (χ3v) is 5.23. The van der Waals surface area contributed by atoms with E-state index in [9.17, 15) is 4.79 Å². The molecule has 146 valence electrons. The van der Waals surface area contributed by atoms with Crippen molar-refractivity contribution in [1.82, 2.24) is 4.90 Å². The highest BCUT2D eigenvalue weighted by atomic mass is 16.5. The van der Waals surface area contributed by atoms with E-state index in [2.05, 4.69) is 32.6 Å². The fourth-order valence-corrected chi connectivity index (χ4v) is 3.90. The molecule has 0 radical (unpaired) electrons. The molecule has 0 N–H and O–H groups in total. The van der Waals surface area contributed by atoms with Crippen LogP contribution in [0.5, 0.6) is 0 Å². The van der Waals surface area contributed by atoms with Crippen molar-refractivity contribution in [1.29, 1.82) is 0 Å². The lowest BCUT2D eigenvalue weighted by atomic mass is 9.71. The SMILES string of the molecule is CCOC(=O)C(CCN(C(C)C)C(C)C)(c1ccccc1)c1ccccc1. The Balaban J connectivity index is 2.56. The van der Waals surface area contributed by atoms with Crippen LogP contribution < -0.4 is 0 Å². The summed E-state index contributed by atoms with van der Waals surface area (Å²) in [5.41, 5.74) is 1.17. The van der Waals surface area contributed by atoms with Gasteiger partial charge in [-0.2, -0.15) is 0 Å². The van der Waals surface area contributed by atoms with Crippen LogP contribution >= 0.6 is 0 Å². The standard InChI is InChI=1S/C24H33NO2/c1-6-27-23(26)24(21-13-9-7-10-14-21,22-15-11-8-12-16-22)17-18-25(19(2)3)20(4)5/h7-16,19-20H,6,17-18H2,1-5H3. The molecule has 27 heavy (non-hydrogen) atoms. The lowest BCUT2D eigenvalue weighted by Gasteiger charge is -2.37. The summed E-state index contributed by atoms with van der Waals surface area (Å²) < 4.78 is 5.61. The van der Waals surface area contributed by atoms with E-state index >= 15 is 0 Å². The van der Waals surface area contributed by atoms with E-state index in [0.717, 1.165) is 17.7 Å². The van der Waals surface area contributed by atoms with Crippen LogP contribution in [0.4, 0.5) is 0 Å². The van der Waals surface area contributed by atoms with Gasteiger partial charge in [-0.05, 0) is 52.2 Å². The van der Waals surface area contributed by atoms with Gasteiger partial charge in [0.15, 0.2) is 0 Å². The molecule has 0 fully saturated rings. The van der Waals surface area contributed by atoms with Gasteiger partial charge in [-0.3, -0.25) is 9.69 Å². The molecule has 0 saturated heterocycles. The monoisotopic (exact) mass is 367 g/mol. The average molecular weight is 368 g/mol. The maximum atomic E-state index is 13.4. The van der Waals surface area contributed by atoms with Crippen molar-refractivity contribution in [2.75, 3.05) is 13.2 Å². The number of rotatable bonds is 9. The molecule has 0 saturated carbocycles. The van der Waals surface area contributed by atoms with Crippen LogP contribution in [-0.4, -0.2) is 36.1 Å². The van der Waals surface area contributed by atoms with Crippen molar-refractivity contribution >= 4 is 5.97 Å². The van der Waals surface area contributed by atoms with Gasteiger partial charge in [-0.25, -0.2) is 0 Å². The molecule has 0 atom stereocenters. The lowest BCUT2D eigenvalue weighted by Crippen LogP contribution is -2.45. The Hall–Kier alpha value is -2.13. The molecule has 0 heterocycles. The summed E-state index contributed by atoms with van der Waals surface area (Å²) in [6.45, 7) is 11.9. The normalized spacial score (nSPS) is 12.0. The van der Waals surface area contributed by atoms with Gasteiger partial charge in [0.2, 0.25) is 0 Å². The molecule has 3 nitrogen and oxygen atoms in total. The van der Waals surface area contributed by atoms with Crippen molar-refractivity contribution in [2.24, 2.45) is 0 Å². The second-order valence-electron chi connectivity index (χ2n) is 7.53. The van der Waals surface area contributed by atoms with Crippen LogP contribution in [0.25, 0.3) is 0 Å². The molecule has 0 bridgehead atoms. The molecule has 0 aliphatic carbocycles. The van der Waals surface area contributed by atoms with Crippen LogP contribution in [0, 0.1) is 0 Å². The van der Waals surface area contributed by atoms with E-state index in [1.807, 2.05) is 67.6 Å². The van der Waals surface area contributed by atoms with Gasteiger partial charge < -0.3 is 4.74 Å². The van der Waals surface area contributed by atoms with E-state index < -0.39 is 5.41 Å². The molecular weight excluding hydrogens is 334 g/mol. The molecule has 2 aromatic rings. The fourth-order valence-electron chi connectivity index (χ4n) is 3.90. The van der Waals surface area contributed by atoms with Crippen molar-refractivity contribution in [3.05, 3.63) is 71.8 Å². The molecule has 0 aromatic heterocycles. The smallest absolute Gasteiger partial charge is 0.321 e. The van der Waals surface area contributed by atoms with Crippen molar-refractivity contribution < 1.29 is 9.53 Å². The molecule has 0 aliphatic heterocycles. The van der Waals surface area contributed by atoms with Crippen molar-refractivity contribution in [3.8, 4) is 0 Å². The highest BCUT2D eigenvalue weighted by Crippen LogP contribution is 2.37. The van der Waals surface area contributed by atoms with Gasteiger partial charge in [-0.1, -0.05) is 60.7 Å². The number of carbonyl (C=O) groups is 1. The van der Waals surface area contributed by atoms with E-state index in [4.69, 9.17) is 4.74 Å². The highest BCUT2D eigenvalue weighted by Gasteiger charge is 2.43. The fraction of sp³-hybridized carbons (Fsp3) is 0.458. The summed E-state index contributed by atoms with van der Waals surface area (Å²) in [6, 6.07) is 20.9. The first-order valence-corrected chi connectivity index (χ1v) is 9.97. The number of benzene rings is 2. The molecule has 0 unspecified atom stereocenters. The Labute approximate surface area is 164 Å². The Morgan fingerprint density at radius 3 is 1.70 bits per heavy atom. The summed E-state index contributed by atoms with van der Waals surface area (Å²) in [5.74, 6) is -0.171. The first-order valence-electron chi connectivity index (χ1n) is 9.97. The third kappa shape index (κ3) is 4.78. The number of hydrogen-bond donors (Lipinski definition) is 0. The van der Waals surface area contributed by atoms with Gasteiger partial charge in [0.25, 0.3) is 0 Å². The first kappa shape index (κ1) is 21.2. The second-order valence-corrected chi connectivity index (χ2v) is 7.53. The third-order valence-electron chi connectivity index (χ3n) is 5.23. The number of nitrogens with zero attached hydrogens (tertiary/aromatic N) is 1. The van der Waals surface area contributed by atoms with Crippen molar-refractivity contribution in [3.63, 3.8) is 0 Å². The average Bonchev–Trinajstić information content (AvgIpc) is 2.66. The number of esters is 1. The zero-order valence-corrected chi connectivity index (χ0v) is 17.3. The molecule has 2 rings (SSSR count). The van der Waals surface area contributed by atoms with Crippen LogP contribution in [0.1, 0.15) is 52.2 Å². The minimum absolute atomic E-state index is 0.171.